The minimum Gasteiger partial charge on any atom is -0.496 e. The first kappa shape index (κ1) is 15.2. The number of benzene rings is 1. The molecule has 2 atom stereocenters. The highest BCUT2D eigenvalue weighted by atomic mass is 16.5. The van der Waals surface area contributed by atoms with Crippen LogP contribution >= 0.6 is 0 Å². The molecule has 3 heteroatoms. The lowest BCUT2D eigenvalue weighted by molar-refractivity contribution is 0.378. The first-order chi connectivity index (χ1) is 9.63. The molecule has 1 saturated heterocycles. The summed E-state index contributed by atoms with van der Waals surface area (Å²) in [6, 6.07) is 7.77. The van der Waals surface area contributed by atoms with Crippen molar-refractivity contribution < 1.29 is 4.74 Å². The van der Waals surface area contributed by atoms with Crippen molar-refractivity contribution in [1.29, 1.82) is 0 Å². The van der Waals surface area contributed by atoms with Gasteiger partial charge in [0.1, 0.15) is 5.75 Å². The van der Waals surface area contributed by atoms with E-state index < -0.39 is 0 Å². The quantitative estimate of drug-likeness (QED) is 0.916. The van der Waals surface area contributed by atoms with Crippen molar-refractivity contribution >= 4 is 5.69 Å². The monoisotopic (exact) mass is 276 g/mol. The van der Waals surface area contributed by atoms with E-state index in [2.05, 4.69) is 49.2 Å². The van der Waals surface area contributed by atoms with Crippen LogP contribution in [0.3, 0.4) is 0 Å². The first-order valence-corrected chi connectivity index (χ1v) is 7.79. The van der Waals surface area contributed by atoms with Gasteiger partial charge >= 0.3 is 0 Å². The fourth-order valence-corrected chi connectivity index (χ4v) is 2.98. The molecule has 1 fully saturated rings. The zero-order valence-corrected chi connectivity index (χ0v) is 13.3. The lowest BCUT2D eigenvalue weighted by Crippen LogP contribution is -2.44. The molecule has 1 heterocycles. The van der Waals surface area contributed by atoms with Gasteiger partial charge in [-0.1, -0.05) is 6.92 Å². The van der Waals surface area contributed by atoms with Gasteiger partial charge in [0.25, 0.3) is 0 Å². The van der Waals surface area contributed by atoms with Crippen LogP contribution in [-0.2, 0) is 0 Å². The molecule has 112 valence electrons. The molecular formula is C17H28N2O. The highest BCUT2D eigenvalue weighted by molar-refractivity contribution is 5.53. The molecule has 0 bridgehead atoms. The fraction of sp³-hybridized carbons (Fsp3) is 0.647. The predicted molar refractivity (Wildman–Crippen MR) is 85.9 cm³/mol. The minimum absolute atomic E-state index is 0.599. The van der Waals surface area contributed by atoms with E-state index in [1.165, 1.54) is 30.5 Å². The fourth-order valence-electron chi connectivity index (χ4n) is 2.98. The third kappa shape index (κ3) is 3.66. The molecule has 2 rings (SSSR count). The van der Waals surface area contributed by atoms with Crippen molar-refractivity contribution in [2.75, 3.05) is 25.1 Å². The van der Waals surface area contributed by atoms with Gasteiger partial charge in [0.15, 0.2) is 0 Å². The lowest BCUT2D eigenvalue weighted by atomic mass is 10.0. The number of methoxy groups -OCH3 is 1. The maximum Gasteiger partial charge on any atom is 0.121 e. The van der Waals surface area contributed by atoms with Crippen LogP contribution in [0.2, 0.25) is 0 Å². The van der Waals surface area contributed by atoms with Gasteiger partial charge in [-0.2, -0.15) is 0 Å². The van der Waals surface area contributed by atoms with E-state index in [0.717, 1.165) is 18.8 Å². The van der Waals surface area contributed by atoms with E-state index in [0.29, 0.717) is 12.1 Å². The summed E-state index contributed by atoms with van der Waals surface area (Å²) in [6.45, 7) is 8.94. The first-order valence-electron chi connectivity index (χ1n) is 7.79. The maximum atomic E-state index is 5.35. The molecule has 1 N–H and O–H groups in total. The van der Waals surface area contributed by atoms with Crippen LogP contribution in [-0.4, -0.2) is 32.3 Å². The van der Waals surface area contributed by atoms with Gasteiger partial charge in [-0.25, -0.2) is 0 Å². The van der Waals surface area contributed by atoms with Crippen LogP contribution < -0.4 is 15.0 Å². The van der Waals surface area contributed by atoms with Crippen LogP contribution in [0, 0.1) is 6.92 Å². The molecule has 1 aromatic carbocycles. The zero-order valence-electron chi connectivity index (χ0n) is 13.3. The molecular weight excluding hydrogens is 248 g/mol. The van der Waals surface area contributed by atoms with E-state index in [1.807, 2.05) is 0 Å². The second-order valence-electron chi connectivity index (χ2n) is 5.89. The van der Waals surface area contributed by atoms with Gasteiger partial charge in [0, 0.05) is 30.9 Å². The Hall–Kier alpha value is -1.22. The Labute approximate surface area is 123 Å². The van der Waals surface area contributed by atoms with Crippen LogP contribution in [0.25, 0.3) is 0 Å². The molecule has 1 aliphatic rings. The van der Waals surface area contributed by atoms with Gasteiger partial charge in [0.05, 0.1) is 7.11 Å². The summed E-state index contributed by atoms with van der Waals surface area (Å²) in [6.07, 6.45) is 3.62. The highest BCUT2D eigenvalue weighted by Gasteiger charge is 2.18. The van der Waals surface area contributed by atoms with Gasteiger partial charge in [0.2, 0.25) is 0 Å². The molecule has 1 aromatic rings. The topological polar surface area (TPSA) is 24.5 Å². The number of ether oxygens (including phenoxy) is 1. The molecule has 0 saturated carbocycles. The summed E-state index contributed by atoms with van der Waals surface area (Å²) in [7, 11) is 1.73. The van der Waals surface area contributed by atoms with Gasteiger partial charge in [-0.3, -0.25) is 0 Å². The van der Waals surface area contributed by atoms with E-state index >= 15 is 0 Å². The van der Waals surface area contributed by atoms with Crippen molar-refractivity contribution in [3.63, 3.8) is 0 Å². The summed E-state index contributed by atoms with van der Waals surface area (Å²) in [5.41, 5.74) is 2.54. The average molecular weight is 276 g/mol. The minimum atomic E-state index is 0.599. The zero-order chi connectivity index (χ0) is 14.5. The van der Waals surface area contributed by atoms with Crippen molar-refractivity contribution in [3.05, 3.63) is 23.8 Å². The number of nitrogens with one attached hydrogen (secondary N) is 1. The highest BCUT2D eigenvalue weighted by Crippen LogP contribution is 2.25. The molecule has 0 radical (unpaired) electrons. The van der Waals surface area contributed by atoms with Crippen molar-refractivity contribution in [2.45, 2.75) is 52.1 Å². The summed E-state index contributed by atoms with van der Waals surface area (Å²) in [5.74, 6) is 0.974. The predicted octanol–water partition coefficient (Wildman–Crippen LogP) is 3.36. The number of hydrogen-bond donors (Lipinski definition) is 1. The Morgan fingerprint density at radius 3 is 2.70 bits per heavy atom. The largest absolute Gasteiger partial charge is 0.496 e. The number of nitrogens with zero attached hydrogens (tertiary/aromatic N) is 1. The molecule has 1 aliphatic heterocycles. The molecule has 0 amide bonds. The van der Waals surface area contributed by atoms with E-state index in [4.69, 9.17) is 4.74 Å². The Morgan fingerprint density at radius 2 is 2.05 bits per heavy atom. The Balaban J connectivity index is 2.12. The Kier molecular flexibility index (Phi) is 5.30. The van der Waals surface area contributed by atoms with Crippen LogP contribution in [0.5, 0.6) is 5.75 Å². The van der Waals surface area contributed by atoms with Crippen molar-refractivity contribution in [1.82, 2.24) is 5.32 Å². The molecule has 2 unspecified atom stereocenters. The molecule has 3 nitrogen and oxygen atoms in total. The standard InChI is InChI=1S/C17H28N2O/c1-5-15-9-11-19(10-8-14(3)18-15)16-6-7-17(20-4)13(2)12-16/h6-7,12,14-15,18H,5,8-11H2,1-4H3. The Morgan fingerprint density at radius 1 is 1.30 bits per heavy atom. The van der Waals surface area contributed by atoms with Crippen LogP contribution in [0.1, 0.15) is 38.7 Å². The van der Waals surface area contributed by atoms with Crippen LogP contribution in [0.15, 0.2) is 18.2 Å². The van der Waals surface area contributed by atoms with E-state index in [9.17, 15) is 0 Å². The SMILES string of the molecule is CCC1CCN(c2ccc(OC)c(C)c2)CCC(C)N1. The summed E-state index contributed by atoms with van der Waals surface area (Å²) < 4.78 is 5.35. The van der Waals surface area contributed by atoms with E-state index in [-0.39, 0.29) is 0 Å². The van der Waals surface area contributed by atoms with Crippen molar-refractivity contribution in [2.24, 2.45) is 0 Å². The van der Waals surface area contributed by atoms with Crippen LogP contribution in [0.4, 0.5) is 5.69 Å². The molecule has 0 aliphatic carbocycles. The number of rotatable bonds is 3. The smallest absolute Gasteiger partial charge is 0.121 e. The Bertz CT molecular complexity index is 433. The number of anilines is 1. The summed E-state index contributed by atoms with van der Waals surface area (Å²) in [5, 5.41) is 3.72. The molecule has 0 spiro atoms. The normalized spacial score (nSPS) is 24.1. The number of hydrogen-bond acceptors (Lipinski definition) is 3. The van der Waals surface area contributed by atoms with Gasteiger partial charge in [-0.05, 0) is 56.9 Å². The second-order valence-corrected chi connectivity index (χ2v) is 5.89. The van der Waals surface area contributed by atoms with Gasteiger partial charge < -0.3 is 15.0 Å². The van der Waals surface area contributed by atoms with Crippen molar-refractivity contribution in [3.8, 4) is 5.75 Å². The summed E-state index contributed by atoms with van der Waals surface area (Å²) >= 11 is 0. The second kappa shape index (κ2) is 6.98. The summed E-state index contributed by atoms with van der Waals surface area (Å²) in [4.78, 5) is 2.52. The van der Waals surface area contributed by atoms with Gasteiger partial charge in [-0.15, -0.1) is 0 Å². The lowest BCUT2D eigenvalue weighted by Gasteiger charge is -2.33. The third-order valence-corrected chi connectivity index (χ3v) is 4.34. The van der Waals surface area contributed by atoms with E-state index in [1.54, 1.807) is 7.11 Å². The molecule has 0 aromatic heterocycles. The average Bonchev–Trinajstić information content (AvgIpc) is 2.43. The third-order valence-electron chi connectivity index (χ3n) is 4.34. The maximum absolute atomic E-state index is 5.35. The molecule has 20 heavy (non-hydrogen) atoms. The number of aryl methyl sites for hydroxylation is 1.